The van der Waals surface area contributed by atoms with Gasteiger partial charge in [-0.3, -0.25) is 4.79 Å². The second-order valence-electron chi connectivity index (χ2n) is 3.58. The number of ketones is 1. The third-order valence-corrected chi connectivity index (χ3v) is 2.44. The normalized spacial score (nSPS) is 12.9. The smallest absolute Gasteiger partial charge is 0.205 e. The average molecular weight is 204 g/mol. The van der Waals surface area contributed by atoms with Crippen molar-refractivity contribution in [2.45, 2.75) is 19.8 Å². The minimum absolute atomic E-state index is 0.0279. The second kappa shape index (κ2) is 3.38. The molecule has 0 fully saturated rings. The number of anilines is 1. The fraction of sp³-hybridized carbons (Fsp3) is 0.273. The molecule has 2 rings (SSSR count). The molecule has 0 saturated carbocycles. The lowest BCUT2D eigenvalue weighted by atomic mass is 10.1. The van der Waals surface area contributed by atoms with E-state index in [1.807, 2.05) is 12.1 Å². The van der Waals surface area contributed by atoms with Crippen LogP contribution in [0.2, 0.25) is 0 Å². The number of Topliss-reactive ketones (excluding diaryl/α,β-unsaturated/α-hetero) is 1. The highest BCUT2D eigenvalue weighted by molar-refractivity contribution is 5.86. The molecular weight excluding hydrogens is 192 g/mol. The number of nitrogens with zero attached hydrogens (tertiary/aromatic N) is 1. The molecule has 2 N–H and O–H groups in total. The van der Waals surface area contributed by atoms with Gasteiger partial charge in [-0.25, -0.2) is 4.98 Å². The van der Waals surface area contributed by atoms with Gasteiger partial charge in [0.1, 0.15) is 11.3 Å². The Balaban J connectivity index is 2.56. The van der Waals surface area contributed by atoms with Crippen LogP contribution in [0.5, 0.6) is 0 Å². The Hall–Kier alpha value is -1.84. The number of fused-ring (bicyclic) bond motifs is 1. The maximum Gasteiger partial charge on any atom is 0.205 e. The number of hydrogen-bond donors (Lipinski definition) is 1. The van der Waals surface area contributed by atoms with Gasteiger partial charge in [0.15, 0.2) is 5.58 Å². The molecule has 0 radical (unpaired) electrons. The molecule has 0 aliphatic rings. The molecule has 1 aromatic heterocycles. The molecule has 0 aliphatic heterocycles. The molecule has 0 saturated heterocycles. The monoisotopic (exact) mass is 204 g/mol. The van der Waals surface area contributed by atoms with E-state index in [9.17, 15) is 4.79 Å². The maximum absolute atomic E-state index is 11.2. The Bertz CT molecular complexity index is 516. The molecule has 4 heteroatoms. The van der Waals surface area contributed by atoms with Crippen LogP contribution >= 0.6 is 0 Å². The van der Waals surface area contributed by atoms with E-state index in [2.05, 4.69) is 4.98 Å². The van der Waals surface area contributed by atoms with Gasteiger partial charge in [0.25, 0.3) is 0 Å². The van der Waals surface area contributed by atoms with E-state index in [4.69, 9.17) is 10.2 Å². The van der Waals surface area contributed by atoms with Crippen molar-refractivity contribution in [2.75, 3.05) is 5.73 Å². The molecule has 0 aliphatic carbocycles. The zero-order valence-electron chi connectivity index (χ0n) is 8.65. The summed E-state index contributed by atoms with van der Waals surface area (Å²) in [4.78, 5) is 15.4. The number of hydrogen-bond acceptors (Lipinski definition) is 4. The Labute approximate surface area is 87.1 Å². The number of nitrogen functional groups attached to an aromatic ring is 1. The van der Waals surface area contributed by atoms with E-state index in [0.717, 1.165) is 0 Å². The number of carbonyl (C=O) groups excluding carboxylic acids is 1. The van der Waals surface area contributed by atoms with Gasteiger partial charge < -0.3 is 10.2 Å². The van der Waals surface area contributed by atoms with Crippen molar-refractivity contribution < 1.29 is 9.21 Å². The summed E-state index contributed by atoms with van der Waals surface area (Å²) in [7, 11) is 0. The van der Waals surface area contributed by atoms with Crippen LogP contribution in [0.25, 0.3) is 11.1 Å². The average Bonchev–Trinajstić information content (AvgIpc) is 2.61. The molecule has 0 bridgehead atoms. The molecule has 1 aromatic carbocycles. The summed E-state index contributed by atoms with van der Waals surface area (Å²) < 4.78 is 5.46. The fourth-order valence-electron chi connectivity index (χ4n) is 1.35. The van der Waals surface area contributed by atoms with E-state index in [0.29, 0.717) is 22.7 Å². The number of benzene rings is 1. The molecule has 15 heavy (non-hydrogen) atoms. The first-order valence-corrected chi connectivity index (χ1v) is 4.75. The molecule has 0 spiro atoms. The van der Waals surface area contributed by atoms with E-state index in [-0.39, 0.29) is 11.7 Å². The number of carbonyl (C=O) groups is 1. The van der Waals surface area contributed by atoms with Gasteiger partial charge in [-0.1, -0.05) is 6.07 Å². The number of nitrogens with two attached hydrogens (primary N) is 1. The van der Waals surface area contributed by atoms with E-state index < -0.39 is 0 Å². The second-order valence-corrected chi connectivity index (χ2v) is 3.58. The minimum atomic E-state index is -0.322. The summed E-state index contributed by atoms with van der Waals surface area (Å²) in [6.07, 6.45) is 0. The lowest BCUT2D eigenvalue weighted by Gasteiger charge is -1.99. The fourth-order valence-corrected chi connectivity index (χ4v) is 1.35. The lowest BCUT2D eigenvalue weighted by Crippen LogP contribution is -2.03. The van der Waals surface area contributed by atoms with Crippen molar-refractivity contribution in [1.29, 1.82) is 0 Å². The molecular formula is C11H12N2O2. The molecule has 1 unspecified atom stereocenters. The van der Waals surface area contributed by atoms with Crippen LogP contribution in [0, 0.1) is 0 Å². The summed E-state index contributed by atoms with van der Waals surface area (Å²) in [5.74, 6) is 0.132. The Morgan fingerprint density at radius 3 is 2.87 bits per heavy atom. The highest BCUT2D eigenvalue weighted by Gasteiger charge is 2.18. The predicted octanol–water partition coefficient (Wildman–Crippen LogP) is 2.10. The lowest BCUT2D eigenvalue weighted by molar-refractivity contribution is -0.118. The number of oxazole rings is 1. The van der Waals surface area contributed by atoms with Crippen molar-refractivity contribution in [2.24, 2.45) is 0 Å². The van der Waals surface area contributed by atoms with Gasteiger partial charge in [-0.15, -0.1) is 0 Å². The van der Waals surface area contributed by atoms with Crippen LogP contribution < -0.4 is 5.73 Å². The van der Waals surface area contributed by atoms with Crippen LogP contribution in [-0.2, 0) is 4.79 Å². The first kappa shape index (κ1) is 9.71. The highest BCUT2D eigenvalue weighted by Crippen LogP contribution is 2.25. The van der Waals surface area contributed by atoms with E-state index in [1.165, 1.54) is 6.92 Å². The Morgan fingerprint density at radius 2 is 2.27 bits per heavy atom. The molecule has 0 amide bonds. The zero-order valence-corrected chi connectivity index (χ0v) is 8.65. The summed E-state index contributed by atoms with van der Waals surface area (Å²) in [5, 5.41) is 0. The molecule has 1 heterocycles. The van der Waals surface area contributed by atoms with E-state index >= 15 is 0 Å². The molecule has 78 valence electrons. The van der Waals surface area contributed by atoms with Gasteiger partial charge in [-0.2, -0.15) is 0 Å². The van der Waals surface area contributed by atoms with Gasteiger partial charge in [-0.05, 0) is 26.0 Å². The van der Waals surface area contributed by atoms with Gasteiger partial charge in [0, 0.05) is 0 Å². The van der Waals surface area contributed by atoms with Gasteiger partial charge in [0.05, 0.1) is 11.6 Å². The summed E-state index contributed by atoms with van der Waals surface area (Å²) >= 11 is 0. The Kier molecular flexibility index (Phi) is 2.19. The van der Waals surface area contributed by atoms with Crippen molar-refractivity contribution >= 4 is 22.6 Å². The van der Waals surface area contributed by atoms with Crippen LogP contribution in [0.15, 0.2) is 22.6 Å². The SMILES string of the molecule is CC(=O)C(C)c1nc2cccc(N)c2o1. The quantitative estimate of drug-likeness (QED) is 0.760. The first-order valence-electron chi connectivity index (χ1n) is 4.75. The maximum atomic E-state index is 11.2. The number of aromatic nitrogens is 1. The molecule has 2 aromatic rings. The first-order chi connectivity index (χ1) is 7.09. The molecule has 1 atom stereocenters. The van der Waals surface area contributed by atoms with Crippen LogP contribution in [0.4, 0.5) is 5.69 Å². The van der Waals surface area contributed by atoms with Crippen LogP contribution in [0.1, 0.15) is 25.7 Å². The number of rotatable bonds is 2. The van der Waals surface area contributed by atoms with Crippen LogP contribution in [-0.4, -0.2) is 10.8 Å². The van der Waals surface area contributed by atoms with Gasteiger partial charge in [0.2, 0.25) is 5.89 Å². The number of para-hydroxylation sites is 1. The standard InChI is InChI=1S/C11H12N2O2/c1-6(7(2)14)11-13-9-5-3-4-8(12)10(9)15-11/h3-6H,12H2,1-2H3. The molecule has 4 nitrogen and oxygen atoms in total. The van der Waals surface area contributed by atoms with Crippen LogP contribution in [0.3, 0.4) is 0 Å². The Morgan fingerprint density at radius 1 is 1.53 bits per heavy atom. The largest absolute Gasteiger partial charge is 0.438 e. The topological polar surface area (TPSA) is 69.1 Å². The van der Waals surface area contributed by atoms with E-state index in [1.54, 1.807) is 13.0 Å². The summed E-state index contributed by atoms with van der Waals surface area (Å²) in [6, 6.07) is 5.36. The predicted molar refractivity (Wildman–Crippen MR) is 57.5 cm³/mol. The van der Waals surface area contributed by atoms with Crippen molar-refractivity contribution in [3.63, 3.8) is 0 Å². The van der Waals surface area contributed by atoms with Crippen molar-refractivity contribution in [3.05, 3.63) is 24.1 Å². The summed E-state index contributed by atoms with van der Waals surface area (Å²) in [6.45, 7) is 3.28. The third-order valence-electron chi connectivity index (χ3n) is 2.44. The highest BCUT2D eigenvalue weighted by atomic mass is 16.3. The zero-order chi connectivity index (χ0) is 11.0. The minimum Gasteiger partial charge on any atom is -0.438 e. The third kappa shape index (κ3) is 1.58. The van der Waals surface area contributed by atoms with Crippen molar-refractivity contribution in [3.8, 4) is 0 Å². The van der Waals surface area contributed by atoms with Crippen molar-refractivity contribution in [1.82, 2.24) is 4.98 Å². The summed E-state index contributed by atoms with van der Waals surface area (Å²) in [5.41, 5.74) is 7.52. The van der Waals surface area contributed by atoms with Gasteiger partial charge >= 0.3 is 0 Å².